The molecule has 0 unspecified atom stereocenters. The number of piperazine rings is 1. The Morgan fingerprint density at radius 3 is 2.19 bits per heavy atom. The number of nitrogens with zero attached hydrogens (tertiary/aromatic N) is 2. The van der Waals surface area contributed by atoms with Gasteiger partial charge in [-0.2, -0.15) is 4.99 Å². The van der Waals surface area contributed by atoms with Gasteiger partial charge in [0.05, 0.1) is 18.6 Å². The van der Waals surface area contributed by atoms with Gasteiger partial charge >= 0.3 is 0 Å². The molecule has 0 spiro atoms. The SMILES string of the molecule is O=C=NC1(c2ccc(N3CC(=O)NC(=O)C3)cc2)CCC1. The molecule has 108 valence electrons. The van der Waals surface area contributed by atoms with Crippen molar-refractivity contribution in [1.82, 2.24) is 5.32 Å². The maximum Gasteiger partial charge on any atom is 0.246 e. The van der Waals surface area contributed by atoms with Gasteiger partial charge in [-0.3, -0.25) is 14.9 Å². The molecule has 6 heteroatoms. The molecule has 2 aliphatic rings. The largest absolute Gasteiger partial charge is 0.353 e. The van der Waals surface area contributed by atoms with E-state index in [-0.39, 0.29) is 24.9 Å². The second-order valence-corrected chi connectivity index (χ2v) is 5.46. The van der Waals surface area contributed by atoms with E-state index in [0.717, 1.165) is 30.5 Å². The Bertz CT molecular complexity index is 612. The quantitative estimate of drug-likeness (QED) is 0.507. The first kappa shape index (κ1) is 13.5. The Kier molecular flexibility index (Phi) is 3.31. The number of carbonyl (C=O) groups is 2. The first-order valence-electron chi connectivity index (χ1n) is 6.90. The van der Waals surface area contributed by atoms with Crippen LogP contribution in [0, 0.1) is 0 Å². The monoisotopic (exact) mass is 285 g/mol. The Labute approximate surface area is 121 Å². The van der Waals surface area contributed by atoms with Crippen LogP contribution in [0.4, 0.5) is 5.69 Å². The van der Waals surface area contributed by atoms with Gasteiger partial charge in [0.25, 0.3) is 0 Å². The third kappa shape index (κ3) is 2.45. The Balaban J connectivity index is 1.82. The maximum atomic E-state index is 11.4. The predicted molar refractivity (Wildman–Crippen MR) is 75.5 cm³/mol. The molecule has 3 rings (SSSR count). The van der Waals surface area contributed by atoms with E-state index in [1.165, 1.54) is 0 Å². The van der Waals surface area contributed by atoms with Crippen LogP contribution in [-0.2, 0) is 19.9 Å². The number of benzene rings is 1. The van der Waals surface area contributed by atoms with Crippen LogP contribution in [0.2, 0.25) is 0 Å². The molecular formula is C15H15N3O3. The van der Waals surface area contributed by atoms with Gasteiger partial charge < -0.3 is 4.90 Å². The topological polar surface area (TPSA) is 78.8 Å². The fourth-order valence-corrected chi connectivity index (χ4v) is 2.87. The van der Waals surface area contributed by atoms with Gasteiger partial charge in [-0.25, -0.2) is 4.79 Å². The minimum absolute atomic E-state index is 0.169. The zero-order valence-electron chi connectivity index (χ0n) is 11.5. The summed E-state index contributed by atoms with van der Waals surface area (Å²) in [5.41, 5.74) is 1.37. The first-order valence-corrected chi connectivity index (χ1v) is 6.90. The molecule has 2 fully saturated rings. The van der Waals surface area contributed by atoms with Gasteiger partial charge in [0.1, 0.15) is 0 Å². The number of nitrogens with one attached hydrogen (secondary N) is 1. The van der Waals surface area contributed by atoms with Crippen molar-refractivity contribution in [2.45, 2.75) is 24.8 Å². The van der Waals surface area contributed by atoms with E-state index < -0.39 is 5.54 Å². The minimum atomic E-state index is -0.421. The number of hydrogen-bond acceptors (Lipinski definition) is 5. The van der Waals surface area contributed by atoms with Crippen LogP contribution in [0.3, 0.4) is 0 Å². The maximum absolute atomic E-state index is 11.4. The highest BCUT2D eigenvalue weighted by Crippen LogP contribution is 2.44. The van der Waals surface area contributed by atoms with Crippen LogP contribution in [0.5, 0.6) is 0 Å². The van der Waals surface area contributed by atoms with Crippen molar-refractivity contribution in [2.75, 3.05) is 18.0 Å². The lowest BCUT2D eigenvalue weighted by atomic mass is 9.72. The summed E-state index contributed by atoms with van der Waals surface area (Å²) in [7, 11) is 0. The number of anilines is 1. The second kappa shape index (κ2) is 5.14. The predicted octanol–water partition coefficient (Wildman–Crippen LogP) is 0.864. The van der Waals surface area contributed by atoms with Crippen molar-refractivity contribution in [1.29, 1.82) is 0 Å². The number of hydrogen-bond donors (Lipinski definition) is 1. The lowest BCUT2D eigenvalue weighted by Crippen LogP contribution is -2.51. The molecule has 2 amide bonds. The third-order valence-corrected chi connectivity index (χ3v) is 4.16. The summed E-state index contributed by atoms with van der Waals surface area (Å²) in [5, 5.41) is 2.27. The Morgan fingerprint density at radius 1 is 1.10 bits per heavy atom. The van der Waals surface area contributed by atoms with Gasteiger partial charge in [-0.1, -0.05) is 12.1 Å². The summed E-state index contributed by atoms with van der Waals surface area (Å²) in [6, 6.07) is 7.54. The number of aliphatic imine (C=N–C) groups is 1. The molecule has 0 aromatic heterocycles. The minimum Gasteiger partial charge on any atom is -0.353 e. The summed E-state index contributed by atoms with van der Waals surface area (Å²) < 4.78 is 0. The van der Waals surface area contributed by atoms with E-state index in [4.69, 9.17) is 0 Å². The molecule has 1 saturated heterocycles. The zero-order valence-corrected chi connectivity index (χ0v) is 11.5. The van der Waals surface area contributed by atoms with Gasteiger partial charge in [0.2, 0.25) is 17.9 Å². The number of isocyanates is 1. The van der Waals surface area contributed by atoms with Crippen molar-refractivity contribution < 1.29 is 14.4 Å². The van der Waals surface area contributed by atoms with Crippen molar-refractivity contribution in [3.63, 3.8) is 0 Å². The fourth-order valence-electron chi connectivity index (χ4n) is 2.87. The zero-order chi connectivity index (χ0) is 14.9. The molecule has 0 bridgehead atoms. The summed E-state index contributed by atoms with van der Waals surface area (Å²) in [6.45, 7) is 0.339. The molecule has 0 atom stereocenters. The van der Waals surface area contributed by atoms with Crippen LogP contribution < -0.4 is 10.2 Å². The summed E-state index contributed by atoms with van der Waals surface area (Å²) in [6.07, 6.45) is 4.42. The lowest BCUT2D eigenvalue weighted by molar-refractivity contribution is -0.130. The molecule has 6 nitrogen and oxygen atoms in total. The smallest absolute Gasteiger partial charge is 0.246 e. The van der Waals surface area contributed by atoms with Gasteiger partial charge in [-0.15, -0.1) is 0 Å². The summed E-state index contributed by atoms with van der Waals surface area (Å²) in [5.74, 6) is -0.590. The molecular weight excluding hydrogens is 270 g/mol. The lowest BCUT2D eigenvalue weighted by Gasteiger charge is -2.37. The molecule has 1 aromatic rings. The summed E-state index contributed by atoms with van der Waals surface area (Å²) in [4.78, 5) is 39.1. The number of carbonyl (C=O) groups excluding carboxylic acids is 3. The summed E-state index contributed by atoms with van der Waals surface area (Å²) >= 11 is 0. The van der Waals surface area contributed by atoms with E-state index in [1.807, 2.05) is 24.3 Å². The number of rotatable bonds is 3. The van der Waals surface area contributed by atoms with Gasteiger partial charge in [0.15, 0.2) is 0 Å². The van der Waals surface area contributed by atoms with E-state index in [0.29, 0.717) is 0 Å². The van der Waals surface area contributed by atoms with Crippen molar-refractivity contribution in [2.24, 2.45) is 4.99 Å². The van der Waals surface area contributed by atoms with Crippen molar-refractivity contribution >= 4 is 23.6 Å². The van der Waals surface area contributed by atoms with E-state index >= 15 is 0 Å². The van der Waals surface area contributed by atoms with Crippen molar-refractivity contribution in [3.05, 3.63) is 29.8 Å². The fraction of sp³-hybridized carbons (Fsp3) is 0.400. The molecule has 1 aliphatic carbocycles. The average molecular weight is 285 g/mol. The highest BCUT2D eigenvalue weighted by Gasteiger charge is 2.38. The molecule has 1 N–H and O–H groups in total. The number of imide groups is 1. The molecule has 1 saturated carbocycles. The standard InChI is InChI=1S/C15H15N3O3/c19-10-16-15(6-1-7-15)11-2-4-12(5-3-11)18-8-13(20)17-14(21)9-18/h2-5H,1,6-9H2,(H,17,20,21). The van der Waals surface area contributed by atoms with Crippen LogP contribution in [0.25, 0.3) is 0 Å². The normalized spacial score (nSPS) is 20.3. The molecule has 21 heavy (non-hydrogen) atoms. The van der Waals surface area contributed by atoms with Crippen LogP contribution in [0.15, 0.2) is 29.3 Å². The van der Waals surface area contributed by atoms with Crippen LogP contribution >= 0.6 is 0 Å². The Hall–Kier alpha value is -2.46. The third-order valence-electron chi connectivity index (χ3n) is 4.16. The van der Waals surface area contributed by atoms with E-state index in [2.05, 4.69) is 10.3 Å². The highest BCUT2D eigenvalue weighted by atomic mass is 16.2. The van der Waals surface area contributed by atoms with E-state index in [9.17, 15) is 14.4 Å². The highest BCUT2D eigenvalue weighted by molar-refractivity contribution is 6.02. The molecule has 1 aromatic carbocycles. The van der Waals surface area contributed by atoms with Gasteiger partial charge in [-0.05, 0) is 37.0 Å². The number of amides is 2. The average Bonchev–Trinajstić information content (AvgIpc) is 2.42. The van der Waals surface area contributed by atoms with Gasteiger partial charge in [0, 0.05) is 5.69 Å². The van der Waals surface area contributed by atoms with Crippen LogP contribution in [0.1, 0.15) is 24.8 Å². The second-order valence-electron chi connectivity index (χ2n) is 5.46. The van der Waals surface area contributed by atoms with E-state index in [1.54, 1.807) is 11.0 Å². The van der Waals surface area contributed by atoms with Crippen molar-refractivity contribution in [3.8, 4) is 0 Å². The first-order chi connectivity index (χ1) is 10.1. The molecule has 1 heterocycles. The van der Waals surface area contributed by atoms with Crippen LogP contribution in [-0.4, -0.2) is 31.0 Å². The Morgan fingerprint density at radius 2 is 1.71 bits per heavy atom. The molecule has 1 aliphatic heterocycles. The molecule has 0 radical (unpaired) electrons.